The highest BCUT2D eigenvalue weighted by molar-refractivity contribution is 5.99. The molecule has 188 valence electrons. The van der Waals surface area contributed by atoms with Gasteiger partial charge in [0.2, 0.25) is 6.41 Å². The smallest absolute Gasteiger partial charge is 0.321 e. The number of imide groups is 1. The number of benzene rings is 1. The number of β-amino-alcohol motifs (C(OH)–C–C–N with tert-alkyl or cyclic N) is 1. The molecular formula is C24H24FN5O6. The summed E-state index contributed by atoms with van der Waals surface area (Å²) >= 11 is 0. The summed E-state index contributed by atoms with van der Waals surface area (Å²) < 4.78 is 25.7. The van der Waals surface area contributed by atoms with E-state index in [0.29, 0.717) is 47.8 Å². The number of aliphatic hydroxyl groups excluding tert-OH is 1. The van der Waals surface area contributed by atoms with E-state index >= 15 is 0 Å². The third-order valence-corrected chi connectivity index (χ3v) is 6.38. The molecule has 1 fully saturated rings. The van der Waals surface area contributed by atoms with E-state index in [0.717, 1.165) is 0 Å². The quantitative estimate of drug-likeness (QED) is 0.420. The zero-order chi connectivity index (χ0) is 25.4. The average Bonchev–Trinajstić information content (AvgIpc) is 3.56. The molecule has 11 nitrogen and oxygen atoms in total. The van der Waals surface area contributed by atoms with Gasteiger partial charge in [0.05, 0.1) is 18.8 Å². The number of nitrogens with zero attached hydrogens (tertiary/aromatic N) is 3. The van der Waals surface area contributed by atoms with E-state index < -0.39 is 29.9 Å². The maximum absolute atomic E-state index is 14.8. The normalized spacial score (nSPS) is 17.9. The van der Waals surface area contributed by atoms with Crippen LogP contribution in [0.4, 0.5) is 15.0 Å². The fraction of sp³-hybridized carbons (Fsp3) is 0.333. The molecule has 0 spiro atoms. The summed E-state index contributed by atoms with van der Waals surface area (Å²) in [5.74, 6) is -0.330. The van der Waals surface area contributed by atoms with Gasteiger partial charge in [-0.3, -0.25) is 14.9 Å². The first kappa shape index (κ1) is 23.5. The molecule has 0 radical (unpaired) electrons. The molecular weight excluding hydrogens is 473 g/mol. The van der Waals surface area contributed by atoms with E-state index in [1.165, 1.54) is 18.1 Å². The van der Waals surface area contributed by atoms with Crippen LogP contribution in [-0.2, 0) is 11.3 Å². The van der Waals surface area contributed by atoms with Crippen LogP contribution in [0.2, 0.25) is 0 Å². The van der Waals surface area contributed by atoms with Gasteiger partial charge >= 0.3 is 6.03 Å². The third kappa shape index (κ3) is 4.31. The van der Waals surface area contributed by atoms with Gasteiger partial charge in [0.25, 0.3) is 5.91 Å². The van der Waals surface area contributed by atoms with Crippen molar-refractivity contribution in [3.8, 4) is 5.75 Å². The molecule has 4 heterocycles. The highest BCUT2D eigenvalue weighted by Gasteiger charge is 2.35. The number of furan rings is 1. The Morgan fingerprint density at radius 1 is 1.39 bits per heavy atom. The molecule has 0 aliphatic carbocycles. The zero-order valence-corrected chi connectivity index (χ0v) is 19.4. The number of hydrogen-bond acceptors (Lipinski definition) is 8. The number of fused-ring (bicyclic) bond motifs is 2. The number of rotatable bonds is 7. The Labute approximate surface area is 204 Å². The van der Waals surface area contributed by atoms with Crippen molar-refractivity contribution in [2.45, 2.75) is 25.1 Å². The van der Waals surface area contributed by atoms with Gasteiger partial charge in [-0.2, -0.15) is 0 Å². The maximum atomic E-state index is 14.8. The first-order valence-electron chi connectivity index (χ1n) is 11.4. The Morgan fingerprint density at radius 3 is 2.94 bits per heavy atom. The van der Waals surface area contributed by atoms with Crippen LogP contribution in [0.15, 0.2) is 34.7 Å². The lowest BCUT2D eigenvalue weighted by Gasteiger charge is -2.23. The third-order valence-electron chi connectivity index (χ3n) is 6.38. The van der Waals surface area contributed by atoms with Crippen LogP contribution in [-0.4, -0.2) is 66.2 Å². The van der Waals surface area contributed by atoms with Gasteiger partial charge in [-0.25, -0.2) is 14.2 Å². The molecule has 0 unspecified atom stereocenters. The lowest BCUT2D eigenvalue weighted by molar-refractivity contribution is -0.108. The fourth-order valence-electron chi connectivity index (χ4n) is 4.61. The summed E-state index contributed by atoms with van der Waals surface area (Å²) in [5, 5.41) is 14.5. The Bertz CT molecular complexity index is 1340. The van der Waals surface area contributed by atoms with Gasteiger partial charge in [0.15, 0.2) is 17.1 Å². The van der Waals surface area contributed by atoms with Crippen molar-refractivity contribution in [2.24, 2.45) is 0 Å². The van der Waals surface area contributed by atoms with Crippen molar-refractivity contribution in [1.82, 2.24) is 20.5 Å². The van der Waals surface area contributed by atoms with Crippen molar-refractivity contribution in [3.63, 3.8) is 0 Å². The maximum Gasteiger partial charge on any atom is 0.321 e. The number of halogens is 1. The van der Waals surface area contributed by atoms with Gasteiger partial charge in [0.1, 0.15) is 23.1 Å². The summed E-state index contributed by atoms with van der Waals surface area (Å²) in [5.41, 5.74) is 1.41. The number of amides is 4. The Morgan fingerprint density at radius 2 is 2.22 bits per heavy atom. The van der Waals surface area contributed by atoms with E-state index in [-0.39, 0.29) is 30.8 Å². The number of ether oxygens (including phenoxy) is 1. The highest BCUT2D eigenvalue weighted by atomic mass is 19.1. The van der Waals surface area contributed by atoms with Crippen LogP contribution < -0.4 is 20.3 Å². The van der Waals surface area contributed by atoms with Crippen molar-refractivity contribution < 1.29 is 33.0 Å². The molecule has 1 aromatic carbocycles. The predicted molar refractivity (Wildman–Crippen MR) is 125 cm³/mol. The van der Waals surface area contributed by atoms with Crippen LogP contribution in [0.1, 0.15) is 34.1 Å². The molecule has 12 heteroatoms. The molecule has 2 aliphatic heterocycles. The Kier molecular flexibility index (Phi) is 6.18. The molecule has 2 atom stereocenters. The van der Waals surface area contributed by atoms with E-state index in [2.05, 4.69) is 10.3 Å². The SMILES string of the molecule is COc1ccc2c(c1F)C(=O)N(C[C@H](NC(=O)NC=O)c1cc3nc(N4CC[C@@H](O)C4)ccc3o1)C2. The van der Waals surface area contributed by atoms with E-state index in [1.54, 1.807) is 24.3 Å². The topological polar surface area (TPSA) is 137 Å². The number of aliphatic hydroxyl groups is 1. The van der Waals surface area contributed by atoms with Crippen molar-refractivity contribution in [1.29, 1.82) is 0 Å². The molecule has 5 rings (SSSR count). The minimum absolute atomic E-state index is 0.0336. The molecule has 3 aromatic rings. The van der Waals surface area contributed by atoms with E-state index in [1.807, 2.05) is 10.2 Å². The number of carbonyl (C=O) groups is 3. The van der Waals surface area contributed by atoms with E-state index in [4.69, 9.17) is 9.15 Å². The average molecular weight is 497 g/mol. The van der Waals surface area contributed by atoms with Crippen molar-refractivity contribution in [3.05, 3.63) is 53.0 Å². The number of hydrogen-bond donors (Lipinski definition) is 3. The van der Waals surface area contributed by atoms with Crippen LogP contribution >= 0.6 is 0 Å². The van der Waals surface area contributed by atoms with Gasteiger partial charge in [-0.15, -0.1) is 0 Å². The van der Waals surface area contributed by atoms with Gasteiger partial charge in [-0.1, -0.05) is 6.07 Å². The molecule has 0 saturated carbocycles. The van der Waals surface area contributed by atoms with Crippen LogP contribution in [0.5, 0.6) is 5.75 Å². The zero-order valence-electron chi connectivity index (χ0n) is 19.4. The molecule has 2 aliphatic rings. The first-order valence-corrected chi connectivity index (χ1v) is 11.4. The number of nitrogens with one attached hydrogen (secondary N) is 2. The van der Waals surface area contributed by atoms with Crippen LogP contribution in [0, 0.1) is 5.82 Å². The Hall–Kier alpha value is -4.19. The lowest BCUT2D eigenvalue weighted by atomic mass is 10.1. The summed E-state index contributed by atoms with van der Waals surface area (Å²) in [6.45, 7) is 1.24. The monoisotopic (exact) mass is 497 g/mol. The van der Waals surface area contributed by atoms with E-state index in [9.17, 15) is 23.9 Å². The molecule has 3 N–H and O–H groups in total. The highest BCUT2D eigenvalue weighted by Crippen LogP contribution is 2.33. The minimum Gasteiger partial charge on any atom is -0.494 e. The number of urea groups is 1. The molecule has 36 heavy (non-hydrogen) atoms. The molecule has 0 bridgehead atoms. The number of aromatic nitrogens is 1. The second-order valence-electron chi connectivity index (χ2n) is 8.68. The first-order chi connectivity index (χ1) is 17.4. The number of carbonyl (C=O) groups excluding carboxylic acids is 3. The molecule has 4 amide bonds. The lowest BCUT2D eigenvalue weighted by Crippen LogP contribution is -2.42. The van der Waals surface area contributed by atoms with Gasteiger partial charge in [0, 0.05) is 32.2 Å². The molecule has 1 saturated heterocycles. The second kappa shape index (κ2) is 9.46. The summed E-state index contributed by atoms with van der Waals surface area (Å²) in [7, 11) is 1.32. The number of pyridine rings is 1. The standard InChI is InChI=1S/C24H24FN5O6/c1-35-18-3-2-13-9-30(23(33)21(13)22(18)25)11-16(28-24(34)26-12-31)19-8-15-17(36-19)4-5-20(27-15)29-7-6-14(32)10-29/h2-5,8,12,14,16,32H,6-7,9-11H2,1H3,(H2,26,28,31,34)/t14-,16+/m1/s1. The Balaban J connectivity index is 1.43. The predicted octanol–water partition coefficient (Wildman–Crippen LogP) is 1.70. The van der Waals surface area contributed by atoms with Crippen LogP contribution in [0.3, 0.4) is 0 Å². The number of methoxy groups -OCH3 is 1. The fourth-order valence-corrected chi connectivity index (χ4v) is 4.61. The van der Waals surface area contributed by atoms with Crippen LogP contribution in [0.25, 0.3) is 11.1 Å². The van der Waals surface area contributed by atoms with Gasteiger partial charge < -0.3 is 29.4 Å². The second-order valence-corrected chi connectivity index (χ2v) is 8.68. The summed E-state index contributed by atoms with van der Waals surface area (Å²) in [6, 6.07) is 6.61. The van der Waals surface area contributed by atoms with Crippen molar-refractivity contribution >= 4 is 35.3 Å². The number of anilines is 1. The van der Waals surface area contributed by atoms with Crippen molar-refractivity contribution in [2.75, 3.05) is 31.6 Å². The minimum atomic E-state index is -0.862. The van der Waals surface area contributed by atoms with Gasteiger partial charge in [-0.05, 0) is 30.2 Å². The summed E-state index contributed by atoms with van der Waals surface area (Å²) in [6.07, 6.45) is 0.494. The molecule has 2 aromatic heterocycles. The largest absolute Gasteiger partial charge is 0.494 e. The summed E-state index contributed by atoms with van der Waals surface area (Å²) in [4.78, 5) is 43.9.